The molecule has 12 heavy (non-hydrogen) atoms. The maximum atomic E-state index is 5.19. The van der Waals surface area contributed by atoms with E-state index in [0.717, 1.165) is 0 Å². The third-order valence-electron chi connectivity index (χ3n) is 1.14. The Kier molecular flexibility index (Phi) is 3.06. The van der Waals surface area contributed by atoms with Crippen molar-refractivity contribution in [1.82, 2.24) is 10.2 Å². The minimum absolute atomic E-state index is 0.277. The van der Waals surface area contributed by atoms with Crippen molar-refractivity contribution in [2.45, 2.75) is 13.0 Å². The normalized spacial score (nSPS) is 11.8. The summed E-state index contributed by atoms with van der Waals surface area (Å²) in [5.41, 5.74) is 0. The molecule has 0 aliphatic heterocycles. The second kappa shape index (κ2) is 4.07. The minimum atomic E-state index is -0.277. The quantitative estimate of drug-likeness (QED) is 0.720. The second-order valence-electron chi connectivity index (χ2n) is 2.12. The summed E-state index contributed by atoms with van der Waals surface area (Å²) in [7, 11) is 0. The van der Waals surface area contributed by atoms with Crippen LogP contribution in [0.5, 0.6) is 5.88 Å². The van der Waals surface area contributed by atoms with Crippen molar-refractivity contribution in [3.63, 3.8) is 0 Å². The molecule has 0 aliphatic carbocycles. The SMILES string of the molecule is C#CC(C)Oc1ccc(Br)nn1. The van der Waals surface area contributed by atoms with E-state index in [4.69, 9.17) is 11.2 Å². The number of ether oxygens (including phenoxy) is 1. The van der Waals surface area contributed by atoms with Crippen LogP contribution in [0.4, 0.5) is 0 Å². The van der Waals surface area contributed by atoms with Crippen molar-refractivity contribution in [2.75, 3.05) is 0 Å². The number of nitrogens with zero attached hydrogens (tertiary/aromatic N) is 2. The van der Waals surface area contributed by atoms with Crippen LogP contribution in [-0.4, -0.2) is 16.3 Å². The van der Waals surface area contributed by atoms with Gasteiger partial charge < -0.3 is 4.74 Å². The summed E-state index contributed by atoms with van der Waals surface area (Å²) in [6.07, 6.45) is 4.84. The highest BCUT2D eigenvalue weighted by molar-refractivity contribution is 9.10. The molecule has 0 amide bonds. The molecule has 62 valence electrons. The molecular weight excluding hydrogens is 220 g/mol. The Morgan fingerprint density at radius 2 is 2.33 bits per heavy atom. The van der Waals surface area contributed by atoms with E-state index in [9.17, 15) is 0 Å². The first-order valence-corrected chi connectivity index (χ1v) is 4.13. The highest BCUT2D eigenvalue weighted by Gasteiger charge is 2.00. The molecule has 0 saturated carbocycles. The molecule has 0 fully saturated rings. The highest BCUT2D eigenvalue weighted by atomic mass is 79.9. The zero-order chi connectivity index (χ0) is 8.97. The summed E-state index contributed by atoms with van der Waals surface area (Å²) >= 11 is 3.16. The average Bonchev–Trinajstić information content (AvgIpc) is 2.09. The fourth-order valence-corrected chi connectivity index (χ4v) is 0.793. The molecule has 0 saturated heterocycles. The molecule has 1 unspecified atom stereocenters. The van der Waals surface area contributed by atoms with Gasteiger partial charge in [-0.1, -0.05) is 5.92 Å². The van der Waals surface area contributed by atoms with Gasteiger partial charge in [0.15, 0.2) is 6.10 Å². The van der Waals surface area contributed by atoms with Crippen molar-refractivity contribution in [3.05, 3.63) is 16.7 Å². The van der Waals surface area contributed by atoms with Gasteiger partial charge in [0.05, 0.1) is 0 Å². The minimum Gasteiger partial charge on any atom is -0.460 e. The first-order valence-electron chi connectivity index (χ1n) is 3.34. The first kappa shape index (κ1) is 9.01. The molecular formula is C8H7BrN2O. The maximum Gasteiger partial charge on any atom is 0.234 e. The topological polar surface area (TPSA) is 35.0 Å². The number of rotatable bonds is 2. The standard InChI is InChI=1S/C8H7BrN2O/c1-3-6(2)12-8-5-4-7(9)10-11-8/h1,4-6H,2H3. The van der Waals surface area contributed by atoms with Crippen LogP contribution in [0, 0.1) is 12.3 Å². The number of aromatic nitrogens is 2. The van der Waals surface area contributed by atoms with E-state index in [0.29, 0.717) is 10.5 Å². The van der Waals surface area contributed by atoms with E-state index >= 15 is 0 Å². The third-order valence-corrected chi connectivity index (χ3v) is 1.56. The number of hydrogen-bond donors (Lipinski definition) is 0. The van der Waals surface area contributed by atoms with E-state index in [2.05, 4.69) is 32.0 Å². The molecule has 0 bridgehead atoms. The lowest BCUT2D eigenvalue weighted by Gasteiger charge is -2.05. The van der Waals surface area contributed by atoms with E-state index in [1.807, 2.05) is 0 Å². The largest absolute Gasteiger partial charge is 0.460 e. The van der Waals surface area contributed by atoms with E-state index in [1.54, 1.807) is 19.1 Å². The molecule has 4 heteroatoms. The average molecular weight is 227 g/mol. The van der Waals surface area contributed by atoms with Crippen LogP contribution in [0.2, 0.25) is 0 Å². The Labute approximate surface area is 79.3 Å². The van der Waals surface area contributed by atoms with Crippen LogP contribution in [0.25, 0.3) is 0 Å². The first-order chi connectivity index (χ1) is 5.72. The summed E-state index contributed by atoms with van der Waals surface area (Å²) < 4.78 is 5.86. The van der Waals surface area contributed by atoms with Gasteiger partial charge in [-0.25, -0.2) is 0 Å². The molecule has 0 spiro atoms. The number of hydrogen-bond acceptors (Lipinski definition) is 3. The molecule has 0 N–H and O–H groups in total. The van der Waals surface area contributed by atoms with Gasteiger partial charge in [0.25, 0.3) is 0 Å². The van der Waals surface area contributed by atoms with E-state index in [1.165, 1.54) is 0 Å². The molecule has 1 heterocycles. The fraction of sp³-hybridized carbons (Fsp3) is 0.250. The van der Waals surface area contributed by atoms with Gasteiger partial charge in [-0.15, -0.1) is 16.6 Å². The van der Waals surface area contributed by atoms with Crippen molar-refractivity contribution in [1.29, 1.82) is 0 Å². The molecule has 1 aromatic heterocycles. The van der Waals surface area contributed by atoms with Crippen molar-refractivity contribution < 1.29 is 4.74 Å². The van der Waals surface area contributed by atoms with Crippen LogP contribution in [0.1, 0.15) is 6.92 Å². The lowest BCUT2D eigenvalue weighted by Crippen LogP contribution is -2.09. The number of terminal acetylenes is 1. The number of halogens is 1. The lowest BCUT2D eigenvalue weighted by atomic mass is 10.4. The molecule has 0 radical (unpaired) electrons. The molecule has 0 aromatic carbocycles. The van der Waals surface area contributed by atoms with Gasteiger partial charge in [0.1, 0.15) is 4.60 Å². The van der Waals surface area contributed by atoms with Crippen LogP contribution in [0.15, 0.2) is 16.7 Å². The molecule has 3 nitrogen and oxygen atoms in total. The highest BCUT2D eigenvalue weighted by Crippen LogP contribution is 2.09. The van der Waals surface area contributed by atoms with Crippen LogP contribution < -0.4 is 4.74 Å². The smallest absolute Gasteiger partial charge is 0.234 e. The van der Waals surface area contributed by atoms with E-state index < -0.39 is 0 Å². The molecule has 1 atom stereocenters. The van der Waals surface area contributed by atoms with Gasteiger partial charge in [-0.3, -0.25) is 0 Å². The Morgan fingerprint density at radius 1 is 1.58 bits per heavy atom. The van der Waals surface area contributed by atoms with Gasteiger partial charge in [0, 0.05) is 6.07 Å². The molecule has 0 aliphatic rings. The van der Waals surface area contributed by atoms with E-state index in [-0.39, 0.29) is 6.10 Å². The molecule has 1 rings (SSSR count). The Morgan fingerprint density at radius 3 is 2.83 bits per heavy atom. The van der Waals surface area contributed by atoms with Crippen LogP contribution in [0.3, 0.4) is 0 Å². The fourth-order valence-electron chi connectivity index (χ4n) is 0.582. The van der Waals surface area contributed by atoms with Gasteiger partial charge >= 0.3 is 0 Å². The van der Waals surface area contributed by atoms with Gasteiger partial charge in [-0.2, -0.15) is 0 Å². The van der Waals surface area contributed by atoms with Crippen LogP contribution in [-0.2, 0) is 0 Å². The monoisotopic (exact) mass is 226 g/mol. The maximum absolute atomic E-state index is 5.19. The lowest BCUT2D eigenvalue weighted by molar-refractivity contribution is 0.264. The Balaban J connectivity index is 2.66. The Hall–Kier alpha value is -1.08. The molecule has 1 aromatic rings. The summed E-state index contributed by atoms with van der Waals surface area (Å²) in [4.78, 5) is 0. The third kappa shape index (κ3) is 2.51. The predicted molar refractivity (Wildman–Crippen MR) is 48.7 cm³/mol. The van der Waals surface area contributed by atoms with Crippen molar-refractivity contribution >= 4 is 15.9 Å². The summed E-state index contributed by atoms with van der Waals surface area (Å²) in [6.45, 7) is 1.77. The van der Waals surface area contributed by atoms with Crippen LogP contribution >= 0.6 is 15.9 Å². The van der Waals surface area contributed by atoms with Crippen molar-refractivity contribution in [2.24, 2.45) is 0 Å². The van der Waals surface area contributed by atoms with Gasteiger partial charge in [0.2, 0.25) is 5.88 Å². The predicted octanol–water partition coefficient (Wildman–Crippen LogP) is 1.64. The summed E-state index contributed by atoms with van der Waals surface area (Å²) in [5, 5.41) is 7.49. The zero-order valence-corrected chi connectivity index (χ0v) is 8.08. The summed E-state index contributed by atoms with van der Waals surface area (Å²) in [6, 6.07) is 3.44. The zero-order valence-electron chi connectivity index (χ0n) is 6.49. The Bertz CT molecular complexity index is 291. The van der Waals surface area contributed by atoms with Gasteiger partial charge in [-0.05, 0) is 28.9 Å². The van der Waals surface area contributed by atoms with Crippen molar-refractivity contribution in [3.8, 4) is 18.2 Å². The second-order valence-corrected chi connectivity index (χ2v) is 2.93. The summed E-state index contributed by atoms with van der Waals surface area (Å²) in [5.74, 6) is 2.86.